The molecule has 7 heteroatoms. The molecule has 0 aliphatic heterocycles. The number of nitrogens with one attached hydrogen (secondary N) is 1. The number of rotatable bonds is 4. The van der Waals surface area contributed by atoms with Crippen LogP contribution in [-0.4, -0.2) is 19.4 Å². The smallest absolute Gasteiger partial charge is 0.242 e. The fraction of sp³-hybridized carbons (Fsp3) is 0.300. The fourth-order valence-electron chi connectivity index (χ4n) is 1.36. The van der Waals surface area contributed by atoms with Crippen molar-refractivity contribution in [1.29, 1.82) is 0 Å². The Morgan fingerprint density at radius 1 is 1.47 bits per heavy atom. The molecule has 0 unspecified atom stereocenters. The first-order chi connectivity index (χ1) is 7.90. The van der Waals surface area contributed by atoms with Gasteiger partial charge in [0.1, 0.15) is 9.88 Å². The molecular weight excluding hydrogens is 280 g/mol. The van der Waals surface area contributed by atoms with Gasteiger partial charge in [0.05, 0.1) is 5.02 Å². The molecule has 1 fully saturated rings. The van der Waals surface area contributed by atoms with Crippen LogP contribution in [0.15, 0.2) is 23.1 Å². The highest BCUT2D eigenvalue weighted by Crippen LogP contribution is 2.26. The summed E-state index contributed by atoms with van der Waals surface area (Å²) in [7, 11) is -3.54. The maximum absolute atomic E-state index is 11.9. The van der Waals surface area contributed by atoms with E-state index >= 15 is 0 Å². The second kappa shape index (κ2) is 4.53. The molecule has 0 aromatic heterocycles. The van der Waals surface area contributed by atoms with Crippen molar-refractivity contribution in [2.75, 3.05) is 0 Å². The van der Waals surface area contributed by atoms with E-state index in [0.717, 1.165) is 12.8 Å². The van der Waals surface area contributed by atoms with Crippen molar-refractivity contribution >= 4 is 38.8 Å². The molecule has 4 nitrogen and oxygen atoms in total. The minimum Gasteiger partial charge on any atom is -0.389 e. The molecule has 0 atom stereocenters. The first-order valence-electron chi connectivity index (χ1n) is 5.02. The van der Waals surface area contributed by atoms with E-state index in [1.54, 1.807) is 6.07 Å². The topological polar surface area (TPSA) is 72.2 Å². The lowest BCUT2D eigenvalue weighted by molar-refractivity contribution is 0.581. The fourth-order valence-corrected chi connectivity index (χ4v) is 3.33. The van der Waals surface area contributed by atoms with Gasteiger partial charge in [0.2, 0.25) is 10.0 Å². The molecule has 17 heavy (non-hydrogen) atoms. The van der Waals surface area contributed by atoms with Crippen molar-refractivity contribution in [3.8, 4) is 0 Å². The molecule has 1 aromatic rings. The zero-order valence-electron chi connectivity index (χ0n) is 8.81. The summed E-state index contributed by atoms with van der Waals surface area (Å²) in [6, 6.07) is 4.48. The molecule has 0 bridgehead atoms. The van der Waals surface area contributed by atoms with E-state index in [0.29, 0.717) is 5.56 Å². The summed E-state index contributed by atoms with van der Waals surface area (Å²) < 4.78 is 26.4. The van der Waals surface area contributed by atoms with E-state index in [2.05, 4.69) is 4.72 Å². The summed E-state index contributed by atoms with van der Waals surface area (Å²) in [5, 5.41) is 0.128. The minimum absolute atomic E-state index is 0.0475. The van der Waals surface area contributed by atoms with Crippen molar-refractivity contribution in [1.82, 2.24) is 4.72 Å². The highest BCUT2D eigenvalue weighted by molar-refractivity contribution is 7.89. The predicted molar refractivity (Wildman–Crippen MR) is 70.7 cm³/mol. The van der Waals surface area contributed by atoms with E-state index < -0.39 is 10.0 Å². The normalized spacial score (nSPS) is 15.8. The summed E-state index contributed by atoms with van der Waals surface area (Å²) >= 11 is 10.7. The van der Waals surface area contributed by atoms with Crippen molar-refractivity contribution in [3.05, 3.63) is 28.8 Å². The van der Waals surface area contributed by atoms with Crippen molar-refractivity contribution in [3.63, 3.8) is 0 Å². The van der Waals surface area contributed by atoms with Gasteiger partial charge in [-0.2, -0.15) is 0 Å². The third-order valence-electron chi connectivity index (χ3n) is 2.41. The van der Waals surface area contributed by atoms with Gasteiger partial charge >= 0.3 is 0 Å². The van der Waals surface area contributed by atoms with Gasteiger partial charge in [-0.05, 0) is 25.0 Å². The zero-order chi connectivity index (χ0) is 12.6. The summed E-state index contributed by atoms with van der Waals surface area (Å²) in [4.78, 5) is 0.247. The largest absolute Gasteiger partial charge is 0.389 e. The van der Waals surface area contributed by atoms with Crippen LogP contribution in [0.2, 0.25) is 5.02 Å². The van der Waals surface area contributed by atoms with Crippen LogP contribution >= 0.6 is 23.8 Å². The molecule has 1 saturated carbocycles. The zero-order valence-corrected chi connectivity index (χ0v) is 11.2. The number of halogens is 1. The summed E-state index contributed by atoms with van der Waals surface area (Å²) in [5.41, 5.74) is 5.99. The van der Waals surface area contributed by atoms with Crippen molar-refractivity contribution in [2.45, 2.75) is 23.8 Å². The molecule has 0 heterocycles. The van der Waals surface area contributed by atoms with E-state index in [1.165, 1.54) is 12.1 Å². The highest BCUT2D eigenvalue weighted by Gasteiger charge is 2.29. The van der Waals surface area contributed by atoms with Gasteiger partial charge in [-0.15, -0.1) is 0 Å². The highest BCUT2D eigenvalue weighted by atomic mass is 35.5. The third-order valence-corrected chi connectivity index (χ3v) is 4.64. The minimum atomic E-state index is -3.54. The Bertz CT molecular complexity index is 568. The molecule has 1 aliphatic carbocycles. The van der Waals surface area contributed by atoms with Gasteiger partial charge in [0.15, 0.2) is 0 Å². The number of benzene rings is 1. The van der Waals surface area contributed by atoms with Gasteiger partial charge in [-0.25, -0.2) is 13.1 Å². The SMILES string of the molecule is NC(=S)c1ccc(S(=O)(=O)NC2CC2)c(Cl)c1. The van der Waals surface area contributed by atoms with Crippen LogP contribution < -0.4 is 10.5 Å². The van der Waals surface area contributed by atoms with Gasteiger partial charge in [0.25, 0.3) is 0 Å². The van der Waals surface area contributed by atoms with Crippen molar-refractivity contribution in [2.24, 2.45) is 5.73 Å². The Morgan fingerprint density at radius 3 is 2.59 bits per heavy atom. The Kier molecular flexibility index (Phi) is 3.40. The second-order valence-electron chi connectivity index (χ2n) is 3.91. The van der Waals surface area contributed by atoms with E-state index in [-0.39, 0.29) is 20.9 Å². The van der Waals surface area contributed by atoms with Crippen LogP contribution in [-0.2, 0) is 10.0 Å². The lowest BCUT2D eigenvalue weighted by Crippen LogP contribution is -2.26. The van der Waals surface area contributed by atoms with Crippen LogP contribution in [0.3, 0.4) is 0 Å². The van der Waals surface area contributed by atoms with Crippen LogP contribution in [0.5, 0.6) is 0 Å². The predicted octanol–water partition coefficient (Wildman–Crippen LogP) is 1.41. The Labute approximate surface area is 110 Å². The average molecular weight is 291 g/mol. The van der Waals surface area contributed by atoms with E-state index in [4.69, 9.17) is 29.6 Å². The third kappa shape index (κ3) is 2.95. The van der Waals surface area contributed by atoms with Crippen LogP contribution in [0, 0.1) is 0 Å². The molecule has 0 saturated heterocycles. The van der Waals surface area contributed by atoms with E-state index in [9.17, 15) is 8.42 Å². The van der Waals surface area contributed by atoms with Crippen molar-refractivity contribution < 1.29 is 8.42 Å². The quantitative estimate of drug-likeness (QED) is 0.823. The van der Waals surface area contributed by atoms with Crippen LogP contribution in [0.1, 0.15) is 18.4 Å². The molecule has 0 radical (unpaired) electrons. The van der Waals surface area contributed by atoms with E-state index in [1.807, 2.05) is 0 Å². The van der Waals surface area contributed by atoms with Crippen LogP contribution in [0.4, 0.5) is 0 Å². The monoisotopic (exact) mass is 290 g/mol. The summed E-state index contributed by atoms with van der Waals surface area (Å²) in [5.74, 6) is 0. The Hall–Kier alpha value is -0.690. The molecule has 3 N–H and O–H groups in total. The van der Waals surface area contributed by atoms with Gasteiger partial charge < -0.3 is 5.73 Å². The number of thiocarbonyl (C=S) groups is 1. The average Bonchev–Trinajstić information content (AvgIpc) is 3.00. The maximum Gasteiger partial charge on any atom is 0.242 e. The lowest BCUT2D eigenvalue weighted by Gasteiger charge is -2.08. The molecule has 0 amide bonds. The lowest BCUT2D eigenvalue weighted by atomic mass is 10.2. The van der Waals surface area contributed by atoms with Gasteiger partial charge in [0, 0.05) is 11.6 Å². The Morgan fingerprint density at radius 2 is 2.12 bits per heavy atom. The number of hydrogen-bond acceptors (Lipinski definition) is 3. The molecule has 2 rings (SSSR count). The number of hydrogen-bond donors (Lipinski definition) is 2. The number of sulfonamides is 1. The summed E-state index contributed by atoms with van der Waals surface area (Å²) in [6.07, 6.45) is 1.75. The molecule has 1 aliphatic rings. The standard InChI is InChI=1S/C10H11ClN2O2S2/c11-8-5-6(10(12)16)1-4-9(8)17(14,15)13-7-2-3-7/h1,4-5,7,13H,2-3H2,(H2,12,16). The van der Waals surface area contributed by atoms with Gasteiger partial charge in [-0.3, -0.25) is 0 Å². The second-order valence-corrected chi connectivity index (χ2v) is 6.43. The first-order valence-corrected chi connectivity index (χ1v) is 7.29. The molecule has 1 aromatic carbocycles. The first kappa shape index (κ1) is 12.8. The molecular formula is C10H11ClN2O2S2. The maximum atomic E-state index is 11.9. The van der Waals surface area contributed by atoms with Crippen LogP contribution in [0.25, 0.3) is 0 Å². The summed E-state index contributed by atoms with van der Waals surface area (Å²) in [6.45, 7) is 0. The molecule has 92 valence electrons. The number of nitrogens with two attached hydrogens (primary N) is 1. The molecule has 0 spiro atoms. The Balaban J connectivity index is 2.35. The van der Waals surface area contributed by atoms with Gasteiger partial charge in [-0.1, -0.05) is 29.9 Å².